The second-order valence-corrected chi connectivity index (χ2v) is 9.46. The number of carbonyl (C=O) groups is 1. The lowest BCUT2D eigenvalue weighted by atomic mass is 9.91. The van der Waals surface area contributed by atoms with Crippen molar-refractivity contribution < 1.29 is 9.90 Å². The minimum Gasteiger partial charge on any atom is -0.481 e. The van der Waals surface area contributed by atoms with Crippen LogP contribution in [0.4, 0.5) is 0 Å². The van der Waals surface area contributed by atoms with Crippen molar-refractivity contribution in [3.05, 3.63) is 82.9 Å². The van der Waals surface area contributed by atoms with Crippen LogP contribution in [0, 0.1) is 0 Å². The van der Waals surface area contributed by atoms with E-state index in [1.54, 1.807) is 0 Å². The molecular formula is C28H31NO2. The Morgan fingerprint density at radius 1 is 1.06 bits per heavy atom. The molecule has 2 aliphatic carbocycles. The summed E-state index contributed by atoms with van der Waals surface area (Å²) >= 11 is 0. The van der Waals surface area contributed by atoms with E-state index in [-0.39, 0.29) is 12.3 Å². The number of aliphatic carboxylic acids is 1. The Morgan fingerprint density at radius 2 is 1.90 bits per heavy atom. The van der Waals surface area contributed by atoms with E-state index in [9.17, 15) is 9.90 Å². The van der Waals surface area contributed by atoms with E-state index in [1.807, 2.05) is 0 Å². The lowest BCUT2D eigenvalue weighted by Gasteiger charge is -2.22. The van der Waals surface area contributed by atoms with Gasteiger partial charge in [-0.05, 0) is 83.9 Å². The van der Waals surface area contributed by atoms with Gasteiger partial charge in [0.25, 0.3) is 0 Å². The number of carboxylic acid groups (broad SMARTS) is 1. The Bertz CT molecular complexity index is 1100. The lowest BCUT2D eigenvalue weighted by molar-refractivity contribution is -0.137. The zero-order valence-corrected chi connectivity index (χ0v) is 18.2. The van der Waals surface area contributed by atoms with Crippen molar-refractivity contribution in [2.45, 2.75) is 69.4 Å². The van der Waals surface area contributed by atoms with Gasteiger partial charge in [0.1, 0.15) is 0 Å². The van der Waals surface area contributed by atoms with Gasteiger partial charge in [0.05, 0.1) is 6.42 Å². The standard InChI is InChI=1S/C28H31NO2/c1-18(25-8-4-6-19-5-2-3-7-26(19)25)29-24-14-13-21(15-24)22-11-9-20-10-12-23(17-28(30)31)27(20)16-22/h2-9,11,16,18,21,23-24,29H,10,12-15,17H2,1H3,(H,30,31)/t18?,21?,23-,24?/m0/s1. The van der Waals surface area contributed by atoms with Crippen LogP contribution in [0.3, 0.4) is 0 Å². The number of aryl methyl sites for hydroxylation is 1. The normalized spacial score (nSPS) is 23.7. The van der Waals surface area contributed by atoms with Crippen molar-refractivity contribution in [2.24, 2.45) is 0 Å². The second kappa shape index (κ2) is 8.47. The van der Waals surface area contributed by atoms with E-state index in [0.29, 0.717) is 18.0 Å². The fraction of sp³-hybridized carbons (Fsp3) is 0.393. The van der Waals surface area contributed by atoms with Crippen LogP contribution < -0.4 is 5.32 Å². The fourth-order valence-corrected chi connectivity index (χ4v) is 5.89. The molecule has 0 radical (unpaired) electrons. The summed E-state index contributed by atoms with van der Waals surface area (Å²) < 4.78 is 0. The summed E-state index contributed by atoms with van der Waals surface area (Å²) in [7, 11) is 0. The van der Waals surface area contributed by atoms with Crippen molar-refractivity contribution >= 4 is 16.7 Å². The molecule has 3 heteroatoms. The molecule has 0 aliphatic heterocycles. The second-order valence-electron chi connectivity index (χ2n) is 9.46. The van der Waals surface area contributed by atoms with Crippen molar-refractivity contribution in [3.8, 4) is 0 Å². The first-order valence-corrected chi connectivity index (χ1v) is 11.7. The summed E-state index contributed by atoms with van der Waals surface area (Å²) in [5.74, 6) is 0.0681. The molecule has 0 amide bonds. The summed E-state index contributed by atoms with van der Waals surface area (Å²) in [6.07, 6.45) is 5.79. The maximum absolute atomic E-state index is 11.2. The largest absolute Gasteiger partial charge is 0.481 e. The molecule has 0 heterocycles. The first-order chi connectivity index (χ1) is 15.1. The van der Waals surface area contributed by atoms with E-state index >= 15 is 0 Å². The fourth-order valence-electron chi connectivity index (χ4n) is 5.89. The highest BCUT2D eigenvalue weighted by Crippen LogP contribution is 2.41. The summed E-state index contributed by atoms with van der Waals surface area (Å²) in [6.45, 7) is 2.28. The third-order valence-corrected chi connectivity index (χ3v) is 7.47. The molecule has 4 atom stereocenters. The minimum atomic E-state index is -0.684. The highest BCUT2D eigenvalue weighted by Gasteiger charge is 2.30. The quantitative estimate of drug-likeness (QED) is 0.496. The zero-order chi connectivity index (χ0) is 21.4. The zero-order valence-electron chi connectivity index (χ0n) is 18.2. The van der Waals surface area contributed by atoms with Gasteiger partial charge in [0.15, 0.2) is 0 Å². The van der Waals surface area contributed by atoms with Gasteiger partial charge in [-0.15, -0.1) is 0 Å². The van der Waals surface area contributed by atoms with E-state index in [1.165, 1.54) is 45.9 Å². The average Bonchev–Trinajstić information content (AvgIpc) is 3.40. The summed E-state index contributed by atoms with van der Waals surface area (Å²) in [5.41, 5.74) is 5.42. The molecule has 31 heavy (non-hydrogen) atoms. The molecule has 0 spiro atoms. The molecule has 1 fully saturated rings. The number of rotatable bonds is 6. The van der Waals surface area contributed by atoms with Crippen molar-refractivity contribution in [2.75, 3.05) is 0 Å². The Balaban J connectivity index is 1.28. The molecule has 1 saturated carbocycles. The van der Waals surface area contributed by atoms with E-state index in [0.717, 1.165) is 19.3 Å². The van der Waals surface area contributed by atoms with Crippen LogP contribution in [0.5, 0.6) is 0 Å². The van der Waals surface area contributed by atoms with Gasteiger partial charge in [0.2, 0.25) is 0 Å². The van der Waals surface area contributed by atoms with Gasteiger partial charge in [-0.1, -0.05) is 60.7 Å². The van der Waals surface area contributed by atoms with Gasteiger partial charge in [-0.2, -0.15) is 0 Å². The predicted molar refractivity (Wildman–Crippen MR) is 126 cm³/mol. The van der Waals surface area contributed by atoms with Crippen LogP contribution in [0.1, 0.15) is 79.2 Å². The molecule has 3 nitrogen and oxygen atoms in total. The maximum atomic E-state index is 11.2. The van der Waals surface area contributed by atoms with Crippen LogP contribution in [0.15, 0.2) is 60.7 Å². The molecule has 3 unspecified atom stereocenters. The first-order valence-electron chi connectivity index (χ1n) is 11.7. The summed E-state index contributed by atoms with van der Waals surface area (Å²) in [4.78, 5) is 11.2. The van der Waals surface area contributed by atoms with Gasteiger partial charge in [-0.25, -0.2) is 0 Å². The maximum Gasteiger partial charge on any atom is 0.303 e. The smallest absolute Gasteiger partial charge is 0.303 e. The molecule has 2 N–H and O–H groups in total. The highest BCUT2D eigenvalue weighted by atomic mass is 16.4. The predicted octanol–water partition coefficient (Wildman–Crippen LogP) is 6.33. The summed E-state index contributed by atoms with van der Waals surface area (Å²) in [5, 5.41) is 15.8. The molecule has 5 rings (SSSR count). The van der Waals surface area contributed by atoms with Gasteiger partial charge in [0, 0.05) is 12.1 Å². The Labute approximate surface area is 184 Å². The molecule has 0 saturated heterocycles. The van der Waals surface area contributed by atoms with Crippen LogP contribution in [-0.4, -0.2) is 17.1 Å². The van der Waals surface area contributed by atoms with Crippen LogP contribution in [0.25, 0.3) is 10.8 Å². The third-order valence-electron chi connectivity index (χ3n) is 7.47. The van der Waals surface area contributed by atoms with Crippen LogP contribution >= 0.6 is 0 Å². The van der Waals surface area contributed by atoms with E-state index in [2.05, 4.69) is 72.9 Å². The molecule has 2 aliphatic rings. The third kappa shape index (κ3) is 4.12. The lowest BCUT2D eigenvalue weighted by Crippen LogP contribution is -2.29. The van der Waals surface area contributed by atoms with Crippen molar-refractivity contribution in [1.29, 1.82) is 0 Å². The van der Waals surface area contributed by atoms with Gasteiger partial charge in [-0.3, -0.25) is 4.79 Å². The number of hydrogen-bond acceptors (Lipinski definition) is 2. The first kappa shape index (κ1) is 20.3. The highest BCUT2D eigenvalue weighted by molar-refractivity contribution is 5.86. The SMILES string of the molecule is CC(NC1CCC(c2ccc3c(c2)[C@H](CC(=O)O)CC3)C1)c1cccc2ccccc12. The van der Waals surface area contributed by atoms with Gasteiger partial charge >= 0.3 is 5.97 Å². The number of hydrogen-bond donors (Lipinski definition) is 2. The number of carboxylic acids is 1. The number of nitrogens with one attached hydrogen (secondary N) is 1. The molecule has 0 aromatic heterocycles. The van der Waals surface area contributed by atoms with Gasteiger partial charge < -0.3 is 10.4 Å². The van der Waals surface area contributed by atoms with E-state index < -0.39 is 5.97 Å². The molecule has 3 aromatic rings. The van der Waals surface area contributed by atoms with E-state index in [4.69, 9.17) is 0 Å². The monoisotopic (exact) mass is 413 g/mol. The Kier molecular flexibility index (Phi) is 5.54. The molecular weight excluding hydrogens is 382 g/mol. The van der Waals surface area contributed by atoms with Crippen molar-refractivity contribution in [3.63, 3.8) is 0 Å². The van der Waals surface area contributed by atoms with Crippen molar-refractivity contribution in [1.82, 2.24) is 5.32 Å². The average molecular weight is 414 g/mol. The molecule has 3 aromatic carbocycles. The number of benzene rings is 3. The van der Waals surface area contributed by atoms with Crippen LogP contribution in [0.2, 0.25) is 0 Å². The number of fused-ring (bicyclic) bond motifs is 2. The summed E-state index contributed by atoms with van der Waals surface area (Å²) in [6, 6.07) is 22.9. The molecule has 160 valence electrons. The minimum absolute atomic E-state index is 0.189. The Morgan fingerprint density at radius 3 is 2.77 bits per heavy atom. The van der Waals surface area contributed by atoms with Crippen LogP contribution in [-0.2, 0) is 11.2 Å². The Hall–Kier alpha value is -2.65. The topological polar surface area (TPSA) is 49.3 Å². The molecule has 0 bridgehead atoms.